The molecule has 0 atom stereocenters. The van der Waals surface area contributed by atoms with Gasteiger partial charge in [0.15, 0.2) is 0 Å². The van der Waals surface area contributed by atoms with Gasteiger partial charge in [-0.25, -0.2) is 0 Å². The average Bonchev–Trinajstić information content (AvgIpc) is 2.34. The Morgan fingerprint density at radius 1 is 0.947 bits per heavy atom. The molecule has 3 nitrogen and oxygen atoms in total. The topological polar surface area (TPSA) is 9.72 Å². The van der Waals surface area contributed by atoms with Crippen molar-refractivity contribution in [3.8, 4) is 0 Å². The molecule has 113 valence electrons. The van der Waals surface area contributed by atoms with E-state index in [1.54, 1.807) is 0 Å². The van der Waals surface area contributed by atoms with E-state index in [1.165, 1.54) is 19.4 Å². The first-order chi connectivity index (χ1) is 8.64. The number of hydrogen-bond acceptors (Lipinski definition) is 3. The second kappa shape index (κ2) is 6.20. The summed E-state index contributed by atoms with van der Waals surface area (Å²) in [6.07, 6.45) is 3.08. The van der Waals surface area contributed by atoms with Gasteiger partial charge in [0.1, 0.15) is 0 Å². The van der Waals surface area contributed by atoms with E-state index in [0.29, 0.717) is 17.2 Å². The summed E-state index contributed by atoms with van der Waals surface area (Å²) in [5.41, 5.74) is 0.690. The van der Waals surface area contributed by atoms with Gasteiger partial charge in [0.25, 0.3) is 0 Å². The van der Waals surface area contributed by atoms with E-state index in [0.717, 1.165) is 0 Å². The predicted molar refractivity (Wildman–Crippen MR) is 85.9 cm³/mol. The van der Waals surface area contributed by atoms with Crippen LogP contribution in [0.15, 0.2) is 0 Å². The van der Waals surface area contributed by atoms with Gasteiger partial charge in [-0.05, 0) is 0 Å². The Balaban J connectivity index is 3.05. The molecule has 0 amide bonds. The van der Waals surface area contributed by atoms with Crippen molar-refractivity contribution in [2.45, 2.75) is 85.5 Å². The zero-order valence-corrected chi connectivity index (χ0v) is 17.4. The first-order valence-electron chi connectivity index (χ1n) is 7.80. The second-order valence-corrected chi connectivity index (χ2v) is 13.7. The van der Waals surface area contributed by atoms with E-state index in [1.807, 2.05) is 0 Å². The van der Waals surface area contributed by atoms with E-state index in [4.69, 9.17) is 0 Å². The summed E-state index contributed by atoms with van der Waals surface area (Å²) in [6.45, 7) is 20.2. The van der Waals surface area contributed by atoms with Crippen molar-refractivity contribution in [2.75, 3.05) is 13.6 Å². The van der Waals surface area contributed by atoms with Gasteiger partial charge in [-0.1, -0.05) is 0 Å². The fraction of sp³-hybridized carbons (Fsp3) is 1.00. The van der Waals surface area contributed by atoms with Crippen LogP contribution in [0.5, 0.6) is 0 Å². The van der Waals surface area contributed by atoms with Crippen molar-refractivity contribution in [3.63, 3.8) is 0 Å². The van der Waals surface area contributed by atoms with Crippen LogP contribution >= 0.6 is 0 Å². The summed E-state index contributed by atoms with van der Waals surface area (Å²) >= 11 is -1.83. The molecule has 1 heterocycles. The van der Waals surface area contributed by atoms with Crippen LogP contribution in [-0.4, -0.2) is 60.8 Å². The quantitative estimate of drug-likeness (QED) is 0.660. The van der Waals surface area contributed by atoms with E-state index in [9.17, 15) is 0 Å². The molecule has 1 aliphatic heterocycles. The fourth-order valence-electron chi connectivity index (χ4n) is 2.91. The number of nitrogens with zero attached hydrogens (tertiary/aromatic N) is 3. The molecule has 19 heavy (non-hydrogen) atoms. The maximum atomic E-state index is 2.87. The monoisotopic (exact) mass is 376 g/mol. The van der Waals surface area contributed by atoms with Gasteiger partial charge in [-0.15, -0.1) is 0 Å². The molecule has 0 unspecified atom stereocenters. The van der Waals surface area contributed by atoms with E-state index in [-0.39, 0.29) is 0 Å². The van der Waals surface area contributed by atoms with Crippen molar-refractivity contribution in [2.24, 2.45) is 0 Å². The zero-order chi connectivity index (χ0) is 15.0. The molecule has 0 bridgehead atoms. The van der Waals surface area contributed by atoms with Gasteiger partial charge >= 0.3 is 129 Å². The third-order valence-corrected chi connectivity index (χ3v) is 15.9. The maximum absolute atomic E-state index is 2.87. The Hall–Kier alpha value is 0.679. The molecule has 0 saturated carbocycles. The number of rotatable bonds is 6. The summed E-state index contributed by atoms with van der Waals surface area (Å²) in [5, 5.41) is 0. The van der Waals surface area contributed by atoms with Crippen molar-refractivity contribution in [1.82, 2.24) is 9.36 Å². The Morgan fingerprint density at radius 2 is 1.32 bits per heavy atom. The van der Waals surface area contributed by atoms with Crippen molar-refractivity contribution in [3.05, 3.63) is 0 Å². The third-order valence-electron chi connectivity index (χ3n) is 5.03. The normalized spacial score (nSPS) is 21.2. The minimum atomic E-state index is -1.83. The number of hydrogen-bond donors (Lipinski definition) is 0. The molecule has 4 heteroatoms. The van der Waals surface area contributed by atoms with Crippen molar-refractivity contribution in [1.29, 1.82) is 0 Å². The second-order valence-electron chi connectivity index (χ2n) is 7.02. The molecular formula is C15H34N3Sn. The van der Waals surface area contributed by atoms with Crippen LogP contribution in [0.2, 0.25) is 0 Å². The van der Waals surface area contributed by atoms with Gasteiger partial charge in [0.05, 0.1) is 0 Å². The Bertz CT molecular complexity index is 280. The summed E-state index contributed by atoms with van der Waals surface area (Å²) in [6, 6.07) is 0. The molecule has 0 aliphatic carbocycles. The zero-order valence-electron chi connectivity index (χ0n) is 14.5. The third kappa shape index (κ3) is 3.14. The molecule has 0 spiro atoms. The van der Waals surface area contributed by atoms with E-state index >= 15 is 0 Å². The first-order valence-corrected chi connectivity index (χ1v) is 11.6. The van der Waals surface area contributed by atoms with Gasteiger partial charge < -0.3 is 0 Å². The molecule has 0 aromatic carbocycles. The molecule has 1 fully saturated rings. The minimum absolute atomic E-state index is 0.345. The van der Waals surface area contributed by atoms with Crippen LogP contribution in [0.3, 0.4) is 0 Å². The average molecular weight is 375 g/mol. The summed E-state index contributed by atoms with van der Waals surface area (Å²) in [5.74, 6) is 0. The Labute approximate surface area is 129 Å². The molecular weight excluding hydrogens is 341 g/mol. The van der Waals surface area contributed by atoms with E-state index < -0.39 is 20.6 Å². The molecule has 0 aromatic heterocycles. The van der Waals surface area contributed by atoms with Crippen molar-refractivity contribution < 1.29 is 0 Å². The fourth-order valence-corrected chi connectivity index (χ4v) is 12.6. The van der Waals surface area contributed by atoms with Gasteiger partial charge in [-0.3, -0.25) is 0 Å². The van der Waals surface area contributed by atoms with Crippen LogP contribution in [0.1, 0.15) is 68.2 Å². The molecule has 1 saturated heterocycles. The van der Waals surface area contributed by atoms with Gasteiger partial charge in [0.2, 0.25) is 0 Å². The molecule has 1 aliphatic rings. The predicted octanol–water partition coefficient (Wildman–Crippen LogP) is 3.26. The van der Waals surface area contributed by atoms with Crippen LogP contribution in [0.4, 0.5) is 0 Å². The molecule has 1 rings (SSSR count). The molecule has 0 N–H and O–H groups in total. The first kappa shape index (κ1) is 17.7. The van der Waals surface area contributed by atoms with Gasteiger partial charge in [0, 0.05) is 0 Å². The summed E-state index contributed by atoms with van der Waals surface area (Å²) in [7, 11) is 2.33. The van der Waals surface area contributed by atoms with Crippen LogP contribution < -0.4 is 0 Å². The van der Waals surface area contributed by atoms with Crippen molar-refractivity contribution >= 4 is 20.6 Å². The Kier molecular flexibility index (Phi) is 5.79. The summed E-state index contributed by atoms with van der Waals surface area (Å²) in [4.78, 5) is 0. The van der Waals surface area contributed by atoms with Crippen LogP contribution in [0.25, 0.3) is 0 Å². The SMILES string of the molecule is CC[N](C)[Sn]1[N](C(C)(C)CC)C(C)[N]1C(C)(C)CC. The molecule has 0 aromatic rings. The van der Waals surface area contributed by atoms with Crippen LogP contribution in [-0.2, 0) is 0 Å². The standard InChI is InChI=1S/C12H26N2.C3H8N.Sn/c1-8-11(4,5)13-10(3)14-12(6,7)9-2;1-3-4-2;/h10H,8-9H2,1-7H3;3H2,1-2H3;/q-2;-1;+3. The molecule has 1 radical (unpaired) electrons. The Morgan fingerprint density at radius 3 is 1.58 bits per heavy atom. The van der Waals surface area contributed by atoms with Gasteiger partial charge in [-0.2, -0.15) is 0 Å². The summed E-state index contributed by atoms with van der Waals surface area (Å²) < 4.78 is 8.41. The van der Waals surface area contributed by atoms with E-state index in [2.05, 4.69) is 71.8 Å². The van der Waals surface area contributed by atoms with Crippen LogP contribution in [0, 0.1) is 0 Å².